The van der Waals surface area contributed by atoms with Gasteiger partial charge in [0.1, 0.15) is 0 Å². The lowest BCUT2D eigenvalue weighted by Crippen LogP contribution is -2.37. The van der Waals surface area contributed by atoms with Crippen LogP contribution in [0.5, 0.6) is 0 Å². The highest BCUT2D eigenvalue weighted by Gasteiger charge is 2.27. The molecule has 1 N–H and O–H groups in total. The van der Waals surface area contributed by atoms with Crippen LogP contribution in [0, 0.1) is 5.92 Å². The van der Waals surface area contributed by atoms with E-state index in [-0.39, 0.29) is 0 Å². The number of piperidine rings is 1. The molecule has 2 aromatic carbocycles. The Kier molecular flexibility index (Phi) is 5.48. The molecule has 0 amide bonds. The van der Waals surface area contributed by atoms with Crippen molar-refractivity contribution in [3.8, 4) is 11.3 Å². The molecule has 3 aromatic rings. The number of nitrogens with zero attached hydrogens (tertiary/aromatic N) is 2. The van der Waals surface area contributed by atoms with E-state index in [1.54, 1.807) is 28.6 Å². The molecule has 2 heterocycles. The number of rotatable bonds is 5. The van der Waals surface area contributed by atoms with E-state index in [1.807, 2.05) is 35.7 Å². The molecule has 28 heavy (non-hydrogen) atoms. The van der Waals surface area contributed by atoms with Crippen molar-refractivity contribution in [2.45, 2.75) is 24.7 Å². The summed E-state index contributed by atoms with van der Waals surface area (Å²) in [5.41, 5.74) is 2.82. The van der Waals surface area contributed by atoms with Gasteiger partial charge in [-0.25, -0.2) is 13.4 Å². The topological polar surface area (TPSA) is 62.3 Å². The van der Waals surface area contributed by atoms with Gasteiger partial charge in [0.15, 0.2) is 5.13 Å². The zero-order valence-electron chi connectivity index (χ0n) is 15.7. The van der Waals surface area contributed by atoms with E-state index in [4.69, 9.17) is 0 Å². The summed E-state index contributed by atoms with van der Waals surface area (Å²) in [6.07, 6.45) is 1.85. The van der Waals surface area contributed by atoms with Crippen LogP contribution in [0.15, 0.2) is 64.9 Å². The maximum Gasteiger partial charge on any atom is 0.243 e. The smallest absolute Gasteiger partial charge is 0.243 e. The third kappa shape index (κ3) is 4.11. The van der Waals surface area contributed by atoms with Gasteiger partial charge in [-0.15, -0.1) is 11.3 Å². The molecule has 1 saturated heterocycles. The molecule has 1 fully saturated rings. The van der Waals surface area contributed by atoms with Crippen LogP contribution in [0.2, 0.25) is 0 Å². The van der Waals surface area contributed by atoms with Gasteiger partial charge >= 0.3 is 0 Å². The molecule has 7 heteroatoms. The third-order valence-corrected chi connectivity index (χ3v) is 7.73. The van der Waals surface area contributed by atoms with Crippen LogP contribution >= 0.6 is 11.3 Å². The molecule has 0 radical (unpaired) electrons. The highest BCUT2D eigenvalue weighted by atomic mass is 32.2. The minimum atomic E-state index is -3.41. The van der Waals surface area contributed by atoms with E-state index < -0.39 is 10.0 Å². The van der Waals surface area contributed by atoms with Crippen LogP contribution in [-0.2, 0) is 10.0 Å². The summed E-state index contributed by atoms with van der Waals surface area (Å²) in [4.78, 5) is 4.95. The van der Waals surface area contributed by atoms with Gasteiger partial charge in [0.2, 0.25) is 10.0 Å². The third-order valence-electron chi connectivity index (χ3n) is 5.06. The Hall–Kier alpha value is -2.22. The first-order chi connectivity index (χ1) is 13.5. The molecule has 0 aliphatic carbocycles. The maximum absolute atomic E-state index is 12.8. The van der Waals surface area contributed by atoms with E-state index in [0.717, 1.165) is 34.9 Å². The Morgan fingerprint density at radius 3 is 2.39 bits per heavy atom. The number of hydrogen-bond donors (Lipinski definition) is 1. The second-order valence-corrected chi connectivity index (χ2v) is 9.94. The first kappa shape index (κ1) is 19.1. The lowest BCUT2D eigenvalue weighted by molar-refractivity contribution is 0.288. The lowest BCUT2D eigenvalue weighted by Gasteiger charge is -2.29. The molecule has 0 saturated carbocycles. The van der Waals surface area contributed by atoms with Crippen molar-refractivity contribution in [3.63, 3.8) is 0 Å². The van der Waals surface area contributed by atoms with E-state index in [0.29, 0.717) is 23.9 Å². The van der Waals surface area contributed by atoms with Crippen LogP contribution in [0.4, 0.5) is 10.8 Å². The fourth-order valence-corrected chi connectivity index (χ4v) is 5.49. The number of sulfonamides is 1. The number of thiazole rings is 1. The van der Waals surface area contributed by atoms with Crippen molar-refractivity contribution in [3.05, 3.63) is 60.0 Å². The van der Waals surface area contributed by atoms with Gasteiger partial charge in [-0.3, -0.25) is 0 Å². The highest BCUT2D eigenvalue weighted by Crippen LogP contribution is 2.28. The molecular formula is C21H23N3O2S2. The average Bonchev–Trinajstić information content (AvgIpc) is 3.18. The van der Waals surface area contributed by atoms with Crippen LogP contribution in [0.1, 0.15) is 19.8 Å². The zero-order chi connectivity index (χ0) is 19.6. The Labute approximate surface area is 170 Å². The van der Waals surface area contributed by atoms with Crippen molar-refractivity contribution in [1.29, 1.82) is 0 Å². The molecule has 1 aliphatic rings. The second-order valence-electron chi connectivity index (χ2n) is 7.14. The van der Waals surface area contributed by atoms with E-state index in [9.17, 15) is 8.42 Å². The Balaban J connectivity index is 1.46. The van der Waals surface area contributed by atoms with E-state index >= 15 is 0 Å². The lowest BCUT2D eigenvalue weighted by atomic mass is 10.0. The number of hydrogen-bond acceptors (Lipinski definition) is 5. The minimum absolute atomic E-state index is 0.344. The van der Waals surface area contributed by atoms with Crippen molar-refractivity contribution in [2.24, 2.45) is 5.92 Å². The van der Waals surface area contributed by atoms with E-state index in [1.165, 1.54) is 11.3 Å². The summed E-state index contributed by atoms with van der Waals surface area (Å²) in [5, 5.41) is 6.04. The molecule has 4 rings (SSSR count). The van der Waals surface area contributed by atoms with E-state index in [2.05, 4.69) is 17.2 Å². The van der Waals surface area contributed by atoms with Gasteiger partial charge < -0.3 is 5.32 Å². The van der Waals surface area contributed by atoms with Gasteiger partial charge in [-0.05, 0) is 43.0 Å². The molecular weight excluding hydrogens is 390 g/mol. The summed E-state index contributed by atoms with van der Waals surface area (Å²) in [6, 6.07) is 16.9. The molecule has 146 valence electrons. The van der Waals surface area contributed by atoms with Crippen LogP contribution in [-0.4, -0.2) is 30.8 Å². The van der Waals surface area contributed by atoms with Crippen molar-refractivity contribution < 1.29 is 8.42 Å². The molecule has 1 aliphatic heterocycles. The standard InChI is InChI=1S/C21H23N3O2S2/c1-16-11-13-24(14-12-16)28(25,26)19-9-7-18(8-10-19)22-21-23-20(15-27-21)17-5-3-2-4-6-17/h2-10,15-16H,11-14H2,1H3,(H,22,23). The molecule has 0 atom stereocenters. The van der Waals surface area contributed by atoms with Gasteiger partial charge in [-0.1, -0.05) is 37.3 Å². The summed E-state index contributed by atoms with van der Waals surface area (Å²) < 4.78 is 27.2. The van der Waals surface area contributed by atoms with Crippen LogP contribution in [0.3, 0.4) is 0 Å². The number of aromatic nitrogens is 1. The summed E-state index contributed by atoms with van der Waals surface area (Å²) >= 11 is 1.52. The van der Waals surface area contributed by atoms with Crippen molar-refractivity contribution >= 4 is 32.2 Å². The van der Waals surface area contributed by atoms with Crippen molar-refractivity contribution in [1.82, 2.24) is 9.29 Å². The zero-order valence-corrected chi connectivity index (χ0v) is 17.3. The first-order valence-corrected chi connectivity index (χ1v) is 11.7. The second kappa shape index (κ2) is 8.03. The monoisotopic (exact) mass is 413 g/mol. The fourth-order valence-electron chi connectivity index (χ4n) is 3.28. The number of benzene rings is 2. The molecule has 5 nitrogen and oxygen atoms in total. The van der Waals surface area contributed by atoms with Crippen LogP contribution < -0.4 is 5.32 Å². The minimum Gasteiger partial charge on any atom is -0.332 e. The van der Waals surface area contributed by atoms with Gasteiger partial charge in [-0.2, -0.15) is 4.31 Å². The Morgan fingerprint density at radius 2 is 1.71 bits per heavy atom. The Bertz CT molecular complexity index is 1020. The fraction of sp³-hybridized carbons (Fsp3) is 0.286. The molecule has 0 unspecified atom stereocenters. The molecule has 1 aromatic heterocycles. The predicted octanol–water partition coefficient (Wildman–Crippen LogP) is 4.97. The van der Waals surface area contributed by atoms with Gasteiger partial charge in [0.05, 0.1) is 10.6 Å². The SMILES string of the molecule is CC1CCN(S(=O)(=O)c2ccc(Nc3nc(-c4ccccc4)cs3)cc2)CC1. The van der Waals surface area contributed by atoms with Gasteiger partial charge in [0.25, 0.3) is 0 Å². The number of nitrogens with one attached hydrogen (secondary N) is 1. The largest absolute Gasteiger partial charge is 0.332 e. The quantitative estimate of drug-likeness (QED) is 0.641. The van der Waals surface area contributed by atoms with Gasteiger partial charge in [0, 0.05) is 29.7 Å². The molecule has 0 bridgehead atoms. The van der Waals surface area contributed by atoms with Crippen LogP contribution in [0.25, 0.3) is 11.3 Å². The average molecular weight is 414 g/mol. The summed E-state index contributed by atoms with van der Waals surface area (Å²) in [6.45, 7) is 3.38. The normalized spacial score (nSPS) is 16.2. The predicted molar refractivity (Wildman–Crippen MR) is 114 cm³/mol. The first-order valence-electron chi connectivity index (χ1n) is 9.40. The molecule has 0 spiro atoms. The Morgan fingerprint density at radius 1 is 1.04 bits per heavy atom. The summed E-state index contributed by atoms with van der Waals surface area (Å²) in [7, 11) is -3.41. The maximum atomic E-state index is 12.8. The summed E-state index contributed by atoms with van der Waals surface area (Å²) in [5.74, 6) is 0.595. The van der Waals surface area contributed by atoms with Crippen molar-refractivity contribution in [2.75, 3.05) is 18.4 Å². The number of anilines is 2. The highest BCUT2D eigenvalue weighted by molar-refractivity contribution is 7.89.